The topological polar surface area (TPSA) is 38.8 Å². The van der Waals surface area contributed by atoms with Crippen LogP contribution in [0.5, 0.6) is 5.75 Å². The molecule has 0 unspecified atom stereocenters. The summed E-state index contributed by atoms with van der Waals surface area (Å²) in [6.07, 6.45) is 0. The molecule has 1 heterocycles. The first-order valence-electron chi connectivity index (χ1n) is 5.53. The van der Waals surface area contributed by atoms with Gasteiger partial charge in [-0.25, -0.2) is 0 Å². The minimum absolute atomic E-state index is 0.0928. The Labute approximate surface area is 115 Å². The molecule has 0 radical (unpaired) electrons. The number of morpholine rings is 1. The molecule has 1 aliphatic heterocycles. The summed E-state index contributed by atoms with van der Waals surface area (Å²) in [6, 6.07) is 3.15. The Hall–Kier alpha value is -0.970. The number of carbonyl (C=O) groups excluding carboxylic acids is 1. The van der Waals surface area contributed by atoms with Crippen LogP contribution in [0.2, 0.25) is 10.0 Å². The number of benzene rings is 1. The summed E-state index contributed by atoms with van der Waals surface area (Å²) < 4.78 is 10.3. The number of methoxy groups -OCH3 is 1. The second-order valence-corrected chi connectivity index (χ2v) is 4.69. The van der Waals surface area contributed by atoms with Crippen LogP contribution >= 0.6 is 23.2 Å². The van der Waals surface area contributed by atoms with E-state index in [4.69, 9.17) is 32.7 Å². The second kappa shape index (κ2) is 5.78. The van der Waals surface area contributed by atoms with E-state index in [1.54, 1.807) is 17.0 Å². The molecular formula is C12H13Cl2NO3. The van der Waals surface area contributed by atoms with E-state index in [0.717, 1.165) is 0 Å². The van der Waals surface area contributed by atoms with E-state index in [9.17, 15) is 4.79 Å². The van der Waals surface area contributed by atoms with Crippen LogP contribution in [0.1, 0.15) is 10.4 Å². The van der Waals surface area contributed by atoms with Crippen molar-refractivity contribution in [1.82, 2.24) is 4.90 Å². The van der Waals surface area contributed by atoms with Crippen LogP contribution < -0.4 is 4.74 Å². The van der Waals surface area contributed by atoms with E-state index in [2.05, 4.69) is 0 Å². The Morgan fingerprint density at radius 1 is 1.28 bits per heavy atom. The third kappa shape index (κ3) is 2.71. The van der Waals surface area contributed by atoms with Crippen LogP contribution in [-0.2, 0) is 4.74 Å². The van der Waals surface area contributed by atoms with E-state index in [0.29, 0.717) is 47.7 Å². The monoisotopic (exact) mass is 289 g/mol. The van der Waals surface area contributed by atoms with Crippen LogP contribution in [0.15, 0.2) is 12.1 Å². The average molecular weight is 290 g/mol. The maximum Gasteiger partial charge on any atom is 0.254 e. The minimum Gasteiger partial charge on any atom is -0.494 e. The van der Waals surface area contributed by atoms with Crippen molar-refractivity contribution in [2.24, 2.45) is 0 Å². The van der Waals surface area contributed by atoms with E-state index in [1.807, 2.05) is 0 Å². The fourth-order valence-electron chi connectivity index (χ4n) is 1.83. The molecular weight excluding hydrogens is 277 g/mol. The van der Waals surface area contributed by atoms with E-state index >= 15 is 0 Å². The Balaban J connectivity index is 2.25. The average Bonchev–Trinajstić information content (AvgIpc) is 2.38. The quantitative estimate of drug-likeness (QED) is 0.840. The van der Waals surface area contributed by atoms with Gasteiger partial charge in [0.25, 0.3) is 5.91 Å². The summed E-state index contributed by atoms with van der Waals surface area (Å²) in [7, 11) is 1.48. The van der Waals surface area contributed by atoms with Gasteiger partial charge in [-0.1, -0.05) is 23.2 Å². The van der Waals surface area contributed by atoms with Crippen molar-refractivity contribution in [2.75, 3.05) is 33.4 Å². The van der Waals surface area contributed by atoms with Gasteiger partial charge in [0.15, 0.2) is 5.75 Å². The SMILES string of the molecule is COc1c(Cl)cc(C(=O)N2CCOCC2)cc1Cl. The number of carbonyl (C=O) groups is 1. The lowest BCUT2D eigenvalue weighted by Gasteiger charge is -2.27. The van der Waals surface area contributed by atoms with Crippen LogP contribution in [0.3, 0.4) is 0 Å². The fraction of sp³-hybridized carbons (Fsp3) is 0.417. The highest BCUT2D eigenvalue weighted by Gasteiger charge is 2.20. The molecule has 0 N–H and O–H groups in total. The normalized spacial score (nSPS) is 15.6. The second-order valence-electron chi connectivity index (χ2n) is 3.88. The van der Waals surface area contributed by atoms with Gasteiger partial charge in [-0.2, -0.15) is 0 Å². The number of rotatable bonds is 2. The summed E-state index contributed by atoms with van der Waals surface area (Å²) in [5.41, 5.74) is 0.465. The van der Waals surface area contributed by atoms with E-state index in [-0.39, 0.29) is 5.91 Å². The molecule has 1 saturated heterocycles. The van der Waals surface area contributed by atoms with Gasteiger partial charge in [-0.05, 0) is 12.1 Å². The molecule has 1 fully saturated rings. The largest absolute Gasteiger partial charge is 0.494 e. The number of nitrogens with zero attached hydrogens (tertiary/aromatic N) is 1. The molecule has 1 aromatic carbocycles. The predicted molar refractivity (Wildman–Crippen MR) is 69.7 cm³/mol. The van der Waals surface area contributed by atoms with Crippen molar-refractivity contribution in [3.63, 3.8) is 0 Å². The van der Waals surface area contributed by atoms with Crippen molar-refractivity contribution in [3.05, 3.63) is 27.7 Å². The maximum absolute atomic E-state index is 12.2. The first kappa shape index (κ1) is 13.5. The molecule has 6 heteroatoms. The standard InChI is InChI=1S/C12H13Cl2NO3/c1-17-11-9(13)6-8(7-10(11)14)12(16)15-2-4-18-5-3-15/h6-7H,2-5H2,1H3. The van der Waals surface area contributed by atoms with E-state index in [1.165, 1.54) is 7.11 Å². The van der Waals surface area contributed by atoms with Gasteiger partial charge in [-0.15, -0.1) is 0 Å². The van der Waals surface area contributed by atoms with Crippen molar-refractivity contribution >= 4 is 29.1 Å². The van der Waals surface area contributed by atoms with Gasteiger partial charge < -0.3 is 14.4 Å². The Bertz CT molecular complexity index is 436. The molecule has 98 valence electrons. The molecule has 18 heavy (non-hydrogen) atoms. The van der Waals surface area contributed by atoms with Crippen LogP contribution in [0, 0.1) is 0 Å². The molecule has 4 nitrogen and oxygen atoms in total. The van der Waals surface area contributed by atoms with Gasteiger partial charge in [0, 0.05) is 18.7 Å². The summed E-state index contributed by atoms with van der Waals surface area (Å²) in [5.74, 6) is 0.293. The van der Waals surface area contributed by atoms with Crippen molar-refractivity contribution in [2.45, 2.75) is 0 Å². The zero-order chi connectivity index (χ0) is 13.1. The highest BCUT2D eigenvalue weighted by molar-refractivity contribution is 6.37. The zero-order valence-electron chi connectivity index (χ0n) is 9.91. The molecule has 2 rings (SSSR count). The summed E-state index contributed by atoms with van der Waals surface area (Å²) in [6.45, 7) is 2.28. The molecule has 1 amide bonds. The van der Waals surface area contributed by atoms with Gasteiger partial charge >= 0.3 is 0 Å². The number of amides is 1. The van der Waals surface area contributed by atoms with Gasteiger partial charge in [-0.3, -0.25) is 4.79 Å². The number of hydrogen-bond donors (Lipinski definition) is 0. The smallest absolute Gasteiger partial charge is 0.254 e. The third-order valence-electron chi connectivity index (χ3n) is 2.75. The van der Waals surface area contributed by atoms with Crippen molar-refractivity contribution in [1.29, 1.82) is 0 Å². The molecule has 0 atom stereocenters. The highest BCUT2D eigenvalue weighted by atomic mass is 35.5. The van der Waals surface area contributed by atoms with Gasteiger partial charge in [0.05, 0.1) is 30.4 Å². The summed E-state index contributed by atoms with van der Waals surface area (Å²) in [5, 5.41) is 0.670. The molecule has 0 aliphatic carbocycles. The van der Waals surface area contributed by atoms with Gasteiger partial charge in [0.2, 0.25) is 0 Å². The van der Waals surface area contributed by atoms with Crippen LogP contribution in [0.25, 0.3) is 0 Å². The Kier molecular flexibility index (Phi) is 4.32. The number of hydrogen-bond acceptors (Lipinski definition) is 3. The minimum atomic E-state index is -0.0928. The molecule has 0 saturated carbocycles. The highest BCUT2D eigenvalue weighted by Crippen LogP contribution is 2.34. The lowest BCUT2D eigenvalue weighted by atomic mass is 10.2. The first-order valence-corrected chi connectivity index (χ1v) is 6.29. The predicted octanol–water partition coefficient (Wildman–Crippen LogP) is 2.47. The zero-order valence-corrected chi connectivity index (χ0v) is 11.4. The Morgan fingerprint density at radius 3 is 2.33 bits per heavy atom. The van der Waals surface area contributed by atoms with E-state index < -0.39 is 0 Å². The van der Waals surface area contributed by atoms with Gasteiger partial charge in [0.1, 0.15) is 0 Å². The molecule has 1 aliphatic rings. The lowest BCUT2D eigenvalue weighted by molar-refractivity contribution is 0.0303. The Morgan fingerprint density at radius 2 is 1.83 bits per heavy atom. The summed E-state index contributed by atoms with van der Waals surface area (Å²) >= 11 is 12.0. The van der Waals surface area contributed by atoms with Crippen LogP contribution in [0.4, 0.5) is 0 Å². The molecule has 0 aromatic heterocycles. The third-order valence-corrected chi connectivity index (χ3v) is 3.31. The number of ether oxygens (including phenoxy) is 2. The number of halogens is 2. The maximum atomic E-state index is 12.2. The molecule has 0 bridgehead atoms. The fourth-order valence-corrected chi connectivity index (χ4v) is 2.47. The lowest BCUT2D eigenvalue weighted by Crippen LogP contribution is -2.40. The molecule has 1 aromatic rings. The van der Waals surface area contributed by atoms with Crippen molar-refractivity contribution < 1.29 is 14.3 Å². The van der Waals surface area contributed by atoms with Crippen molar-refractivity contribution in [3.8, 4) is 5.75 Å². The first-order chi connectivity index (χ1) is 8.63. The molecule has 0 spiro atoms. The van der Waals surface area contributed by atoms with Crippen LogP contribution in [-0.4, -0.2) is 44.2 Å². The summed E-state index contributed by atoms with van der Waals surface area (Å²) in [4.78, 5) is 13.9.